The van der Waals surface area contributed by atoms with Crippen molar-refractivity contribution in [1.29, 1.82) is 0 Å². The van der Waals surface area contributed by atoms with Crippen molar-refractivity contribution < 1.29 is 0 Å². The van der Waals surface area contributed by atoms with Crippen LogP contribution in [0.1, 0.15) is 38.3 Å². The fourth-order valence-electron chi connectivity index (χ4n) is 2.02. The van der Waals surface area contributed by atoms with Crippen molar-refractivity contribution >= 4 is 0 Å². The quantitative estimate of drug-likeness (QED) is 0.728. The summed E-state index contributed by atoms with van der Waals surface area (Å²) >= 11 is 0. The molecule has 1 aliphatic carbocycles. The van der Waals surface area contributed by atoms with Gasteiger partial charge in [0.05, 0.1) is 0 Å². The number of aromatic nitrogens is 1. The molecule has 13 heavy (non-hydrogen) atoms. The van der Waals surface area contributed by atoms with E-state index in [4.69, 9.17) is 0 Å². The van der Waals surface area contributed by atoms with Crippen molar-refractivity contribution in [3.05, 3.63) is 24.0 Å². The fraction of sp³-hybridized carbons (Fsp3) is 0.636. The molecule has 0 atom stereocenters. The Labute approximate surface area is 79.7 Å². The van der Waals surface area contributed by atoms with Gasteiger partial charge in [-0.2, -0.15) is 0 Å². The van der Waals surface area contributed by atoms with Gasteiger partial charge in [0.15, 0.2) is 0 Å². The fourth-order valence-corrected chi connectivity index (χ4v) is 2.02. The molecule has 0 saturated heterocycles. The van der Waals surface area contributed by atoms with Crippen molar-refractivity contribution in [1.82, 2.24) is 10.3 Å². The van der Waals surface area contributed by atoms with Crippen molar-refractivity contribution in [2.45, 2.75) is 44.7 Å². The molecule has 0 bridgehead atoms. The van der Waals surface area contributed by atoms with Crippen LogP contribution in [0.25, 0.3) is 0 Å². The number of H-pyrrole nitrogens is 1. The Morgan fingerprint density at radius 3 is 2.85 bits per heavy atom. The lowest BCUT2D eigenvalue weighted by Gasteiger charge is -2.42. The molecule has 1 heterocycles. The Morgan fingerprint density at radius 2 is 2.38 bits per heavy atom. The molecule has 72 valence electrons. The van der Waals surface area contributed by atoms with E-state index in [1.165, 1.54) is 31.4 Å². The lowest BCUT2D eigenvalue weighted by Crippen LogP contribution is -2.49. The molecule has 0 amide bonds. The van der Waals surface area contributed by atoms with Crippen LogP contribution in [-0.2, 0) is 6.54 Å². The summed E-state index contributed by atoms with van der Waals surface area (Å²) in [7, 11) is 0. The molecule has 1 saturated carbocycles. The number of hydrogen-bond donors (Lipinski definition) is 2. The zero-order valence-corrected chi connectivity index (χ0v) is 8.27. The number of rotatable bonds is 4. The number of nitrogens with one attached hydrogen (secondary N) is 2. The first kappa shape index (κ1) is 8.82. The van der Waals surface area contributed by atoms with Crippen LogP contribution in [0.4, 0.5) is 0 Å². The van der Waals surface area contributed by atoms with Crippen molar-refractivity contribution in [3.8, 4) is 0 Å². The summed E-state index contributed by atoms with van der Waals surface area (Å²) in [5, 5.41) is 3.65. The Kier molecular flexibility index (Phi) is 2.40. The third-order valence-corrected chi connectivity index (χ3v) is 3.30. The largest absolute Gasteiger partial charge is 0.364 e. The molecular weight excluding hydrogens is 160 g/mol. The highest BCUT2D eigenvalue weighted by atomic mass is 15.0. The first-order chi connectivity index (χ1) is 6.35. The molecule has 1 aromatic heterocycles. The van der Waals surface area contributed by atoms with Crippen LogP contribution in [0.15, 0.2) is 18.3 Å². The van der Waals surface area contributed by atoms with Crippen molar-refractivity contribution in [3.63, 3.8) is 0 Å². The molecule has 2 heteroatoms. The van der Waals surface area contributed by atoms with E-state index in [2.05, 4.69) is 29.4 Å². The first-order valence-corrected chi connectivity index (χ1v) is 5.22. The minimum absolute atomic E-state index is 0.463. The van der Waals surface area contributed by atoms with Gasteiger partial charge in [-0.25, -0.2) is 0 Å². The summed E-state index contributed by atoms with van der Waals surface area (Å²) in [6.45, 7) is 3.27. The smallest absolute Gasteiger partial charge is 0.0362 e. The van der Waals surface area contributed by atoms with Crippen LogP contribution in [0.3, 0.4) is 0 Å². The molecular formula is C11H18N2. The van der Waals surface area contributed by atoms with Gasteiger partial charge in [0.1, 0.15) is 0 Å². The third kappa shape index (κ3) is 1.78. The van der Waals surface area contributed by atoms with E-state index in [0.717, 1.165) is 6.54 Å². The van der Waals surface area contributed by atoms with Gasteiger partial charge >= 0.3 is 0 Å². The highest BCUT2D eigenvalue weighted by Crippen LogP contribution is 2.34. The standard InChI is InChI=1S/C11H18N2/c1-2-11(6-4-7-11)13-9-10-5-3-8-12-10/h3,5,8,12-13H,2,4,6-7,9H2,1H3. The van der Waals surface area contributed by atoms with Gasteiger partial charge in [0, 0.05) is 24.0 Å². The first-order valence-electron chi connectivity index (χ1n) is 5.22. The average Bonchev–Trinajstić information content (AvgIpc) is 2.56. The Bertz CT molecular complexity index is 242. The summed E-state index contributed by atoms with van der Waals surface area (Å²) in [4.78, 5) is 3.22. The van der Waals surface area contributed by atoms with E-state index >= 15 is 0 Å². The van der Waals surface area contributed by atoms with E-state index < -0.39 is 0 Å². The second-order valence-electron chi connectivity index (χ2n) is 4.04. The molecule has 0 unspecified atom stereocenters. The van der Waals surface area contributed by atoms with Gasteiger partial charge in [-0.15, -0.1) is 0 Å². The molecule has 2 rings (SSSR count). The van der Waals surface area contributed by atoms with Crippen molar-refractivity contribution in [2.75, 3.05) is 0 Å². The molecule has 2 nitrogen and oxygen atoms in total. The van der Waals surface area contributed by atoms with Crippen LogP contribution < -0.4 is 5.32 Å². The average molecular weight is 178 g/mol. The third-order valence-electron chi connectivity index (χ3n) is 3.30. The zero-order chi connectivity index (χ0) is 9.15. The Hall–Kier alpha value is -0.760. The molecule has 2 N–H and O–H groups in total. The van der Waals surface area contributed by atoms with E-state index in [-0.39, 0.29) is 0 Å². The molecule has 0 aromatic carbocycles. The zero-order valence-electron chi connectivity index (χ0n) is 8.27. The maximum Gasteiger partial charge on any atom is 0.0362 e. The highest BCUT2D eigenvalue weighted by molar-refractivity contribution is 5.05. The SMILES string of the molecule is CCC1(NCc2ccc[nH]2)CCC1. The maximum absolute atomic E-state index is 3.65. The molecule has 1 aromatic rings. The van der Waals surface area contributed by atoms with Crippen LogP contribution in [0.2, 0.25) is 0 Å². The van der Waals surface area contributed by atoms with Gasteiger partial charge < -0.3 is 10.3 Å². The summed E-state index contributed by atoms with van der Waals surface area (Å²) in [5.41, 5.74) is 1.75. The summed E-state index contributed by atoms with van der Waals surface area (Å²) < 4.78 is 0. The van der Waals surface area contributed by atoms with Gasteiger partial charge in [-0.3, -0.25) is 0 Å². The molecule has 0 spiro atoms. The number of aromatic amines is 1. The maximum atomic E-state index is 3.65. The lowest BCUT2D eigenvalue weighted by molar-refractivity contribution is 0.175. The Morgan fingerprint density at radius 1 is 1.54 bits per heavy atom. The summed E-state index contributed by atoms with van der Waals surface area (Å²) in [6.07, 6.45) is 7.34. The van der Waals surface area contributed by atoms with Gasteiger partial charge in [0.2, 0.25) is 0 Å². The molecule has 0 radical (unpaired) electrons. The highest BCUT2D eigenvalue weighted by Gasteiger charge is 2.34. The van der Waals surface area contributed by atoms with Crippen LogP contribution in [0.5, 0.6) is 0 Å². The minimum Gasteiger partial charge on any atom is -0.364 e. The van der Waals surface area contributed by atoms with Crippen LogP contribution in [0, 0.1) is 0 Å². The lowest BCUT2D eigenvalue weighted by atomic mass is 9.75. The van der Waals surface area contributed by atoms with Gasteiger partial charge in [-0.05, 0) is 37.8 Å². The van der Waals surface area contributed by atoms with Gasteiger partial charge in [-0.1, -0.05) is 6.92 Å². The van der Waals surface area contributed by atoms with Gasteiger partial charge in [0.25, 0.3) is 0 Å². The molecule has 0 aliphatic heterocycles. The minimum atomic E-state index is 0.463. The molecule has 1 fully saturated rings. The second kappa shape index (κ2) is 3.54. The van der Waals surface area contributed by atoms with Crippen molar-refractivity contribution in [2.24, 2.45) is 0 Å². The van der Waals surface area contributed by atoms with Crippen LogP contribution in [-0.4, -0.2) is 10.5 Å². The monoisotopic (exact) mass is 178 g/mol. The predicted molar refractivity (Wildman–Crippen MR) is 54.5 cm³/mol. The van der Waals surface area contributed by atoms with E-state index in [1.807, 2.05) is 6.20 Å². The predicted octanol–water partition coefficient (Wildman–Crippen LogP) is 2.44. The Balaban J connectivity index is 1.84. The van der Waals surface area contributed by atoms with E-state index in [0.29, 0.717) is 5.54 Å². The molecule has 1 aliphatic rings. The van der Waals surface area contributed by atoms with E-state index in [1.54, 1.807) is 0 Å². The normalized spacial score (nSPS) is 19.8. The number of hydrogen-bond acceptors (Lipinski definition) is 1. The second-order valence-corrected chi connectivity index (χ2v) is 4.04. The topological polar surface area (TPSA) is 27.8 Å². The summed E-state index contributed by atoms with van der Waals surface area (Å²) in [5.74, 6) is 0. The van der Waals surface area contributed by atoms with E-state index in [9.17, 15) is 0 Å². The van der Waals surface area contributed by atoms with Crippen LogP contribution >= 0.6 is 0 Å². The summed E-state index contributed by atoms with van der Waals surface area (Å²) in [6, 6.07) is 4.19.